The van der Waals surface area contributed by atoms with Gasteiger partial charge in [-0.05, 0) is 61.9 Å². The van der Waals surface area contributed by atoms with Crippen molar-refractivity contribution < 1.29 is 22.7 Å². The Kier molecular flexibility index (Phi) is 8.41. The molecule has 180 valence electrons. The molecule has 3 rings (SSSR count). The molecule has 0 aromatic heterocycles. The number of nitrogens with one attached hydrogen (secondary N) is 1. The van der Waals surface area contributed by atoms with Gasteiger partial charge in [-0.15, -0.1) is 0 Å². The SMILES string of the molecule is COc1ccc(N(CC(=O)NCc2cccc(OC(C)C)c2)S(=O)(=O)c2ccccc2)cc1Cl. The lowest BCUT2D eigenvalue weighted by atomic mass is 10.2. The predicted molar refractivity (Wildman–Crippen MR) is 133 cm³/mol. The summed E-state index contributed by atoms with van der Waals surface area (Å²) < 4.78 is 38.7. The van der Waals surface area contributed by atoms with E-state index in [-0.39, 0.29) is 28.3 Å². The Balaban J connectivity index is 1.83. The molecule has 0 fully saturated rings. The summed E-state index contributed by atoms with van der Waals surface area (Å²) in [6.45, 7) is 3.65. The molecule has 1 N–H and O–H groups in total. The van der Waals surface area contributed by atoms with E-state index < -0.39 is 22.5 Å². The highest BCUT2D eigenvalue weighted by Crippen LogP contribution is 2.31. The number of amides is 1. The lowest BCUT2D eigenvalue weighted by Crippen LogP contribution is -2.40. The number of hydrogen-bond donors (Lipinski definition) is 1. The zero-order valence-corrected chi connectivity index (χ0v) is 20.8. The van der Waals surface area contributed by atoms with Crippen LogP contribution >= 0.6 is 11.6 Å². The summed E-state index contributed by atoms with van der Waals surface area (Å²) >= 11 is 6.24. The maximum atomic E-state index is 13.4. The van der Waals surface area contributed by atoms with Crippen LogP contribution in [0.25, 0.3) is 0 Å². The van der Waals surface area contributed by atoms with Gasteiger partial charge in [0.25, 0.3) is 10.0 Å². The number of anilines is 1. The normalized spacial score (nSPS) is 11.2. The number of benzene rings is 3. The van der Waals surface area contributed by atoms with Gasteiger partial charge in [-0.25, -0.2) is 8.42 Å². The molecule has 7 nitrogen and oxygen atoms in total. The quantitative estimate of drug-likeness (QED) is 0.436. The summed E-state index contributed by atoms with van der Waals surface area (Å²) in [6.07, 6.45) is 0.0258. The topological polar surface area (TPSA) is 84.9 Å². The number of carbonyl (C=O) groups is 1. The number of sulfonamides is 1. The van der Waals surface area contributed by atoms with Crippen molar-refractivity contribution in [2.24, 2.45) is 0 Å². The second-order valence-electron chi connectivity index (χ2n) is 7.73. The minimum atomic E-state index is -4.04. The fraction of sp³-hybridized carbons (Fsp3) is 0.240. The smallest absolute Gasteiger partial charge is 0.264 e. The van der Waals surface area contributed by atoms with Gasteiger partial charge in [0.2, 0.25) is 5.91 Å². The lowest BCUT2D eigenvalue weighted by Gasteiger charge is -2.24. The number of halogens is 1. The minimum Gasteiger partial charge on any atom is -0.495 e. The highest BCUT2D eigenvalue weighted by molar-refractivity contribution is 7.92. The third kappa shape index (κ3) is 6.42. The van der Waals surface area contributed by atoms with Crippen molar-refractivity contribution in [3.05, 3.63) is 83.4 Å². The van der Waals surface area contributed by atoms with Crippen molar-refractivity contribution in [1.29, 1.82) is 0 Å². The molecule has 0 unspecified atom stereocenters. The first-order valence-electron chi connectivity index (χ1n) is 10.6. The second kappa shape index (κ2) is 11.3. The van der Waals surface area contributed by atoms with Gasteiger partial charge < -0.3 is 14.8 Å². The van der Waals surface area contributed by atoms with Crippen LogP contribution in [0, 0.1) is 0 Å². The molecule has 3 aromatic carbocycles. The van der Waals surface area contributed by atoms with Crippen LogP contribution in [0.1, 0.15) is 19.4 Å². The van der Waals surface area contributed by atoms with Crippen LogP contribution in [0.5, 0.6) is 11.5 Å². The van der Waals surface area contributed by atoms with E-state index in [4.69, 9.17) is 21.1 Å². The average Bonchev–Trinajstić information content (AvgIpc) is 2.81. The summed E-state index contributed by atoms with van der Waals surface area (Å²) in [7, 11) is -2.57. The summed E-state index contributed by atoms with van der Waals surface area (Å²) in [6, 6.07) is 19.9. The molecule has 0 aliphatic carbocycles. The Bertz CT molecular complexity index is 1230. The zero-order valence-electron chi connectivity index (χ0n) is 19.2. The van der Waals surface area contributed by atoms with Crippen molar-refractivity contribution in [2.45, 2.75) is 31.4 Å². The monoisotopic (exact) mass is 502 g/mol. The Morgan fingerprint density at radius 1 is 1.03 bits per heavy atom. The highest BCUT2D eigenvalue weighted by atomic mass is 35.5. The van der Waals surface area contributed by atoms with Crippen LogP contribution in [0.4, 0.5) is 5.69 Å². The molecule has 3 aromatic rings. The van der Waals surface area contributed by atoms with E-state index in [1.807, 2.05) is 38.1 Å². The number of ether oxygens (including phenoxy) is 2. The van der Waals surface area contributed by atoms with Crippen molar-refractivity contribution in [3.8, 4) is 11.5 Å². The summed E-state index contributed by atoms with van der Waals surface area (Å²) in [5.74, 6) is 0.625. The van der Waals surface area contributed by atoms with Gasteiger partial charge >= 0.3 is 0 Å². The number of carbonyl (C=O) groups excluding carboxylic acids is 1. The molecule has 0 saturated heterocycles. The van der Waals surface area contributed by atoms with Crippen LogP contribution in [-0.2, 0) is 21.4 Å². The van der Waals surface area contributed by atoms with Crippen LogP contribution in [-0.4, -0.2) is 34.1 Å². The van der Waals surface area contributed by atoms with Gasteiger partial charge in [-0.2, -0.15) is 0 Å². The van der Waals surface area contributed by atoms with Crippen LogP contribution in [0.3, 0.4) is 0 Å². The van der Waals surface area contributed by atoms with E-state index in [0.717, 1.165) is 9.87 Å². The third-order valence-electron chi connectivity index (χ3n) is 4.80. The second-order valence-corrected chi connectivity index (χ2v) is 10.0. The molecule has 9 heteroatoms. The van der Waals surface area contributed by atoms with Gasteiger partial charge in [0.05, 0.1) is 28.8 Å². The van der Waals surface area contributed by atoms with Crippen molar-refractivity contribution in [3.63, 3.8) is 0 Å². The minimum absolute atomic E-state index is 0.0258. The van der Waals surface area contributed by atoms with Crippen molar-refractivity contribution in [1.82, 2.24) is 5.32 Å². The van der Waals surface area contributed by atoms with Gasteiger partial charge in [0, 0.05) is 6.54 Å². The molecular formula is C25H27ClN2O5S. The molecule has 0 radical (unpaired) electrons. The summed E-state index contributed by atoms with van der Waals surface area (Å²) in [5, 5.41) is 3.01. The maximum Gasteiger partial charge on any atom is 0.264 e. The molecule has 0 atom stereocenters. The molecule has 0 saturated carbocycles. The first kappa shape index (κ1) is 25.4. The molecule has 0 heterocycles. The Hall–Kier alpha value is -3.23. The fourth-order valence-electron chi connectivity index (χ4n) is 3.23. The molecule has 0 bridgehead atoms. The number of methoxy groups -OCH3 is 1. The molecule has 0 aliphatic rings. The van der Waals surface area contributed by atoms with Gasteiger partial charge in [0.1, 0.15) is 18.0 Å². The van der Waals surface area contributed by atoms with E-state index in [9.17, 15) is 13.2 Å². The predicted octanol–water partition coefficient (Wildman–Crippen LogP) is 4.65. The maximum absolute atomic E-state index is 13.4. The van der Waals surface area contributed by atoms with Crippen LogP contribution in [0.2, 0.25) is 5.02 Å². The Morgan fingerprint density at radius 3 is 2.41 bits per heavy atom. The standard InChI is InChI=1S/C25H27ClN2O5S/c1-18(2)33-21-9-7-8-19(14-21)16-27-25(29)17-28(20-12-13-24(32-3)23(26)15-20)34(30,31)22-10-5-4-6-11-22/h4-15,18H,16-17H2,1-3H3,(H,27,29). The summed E-state index contributed by atoms with van der Waals surface area (Å²) in [4.78, 5) is 12.9. The summed E-state index contributed by atoms with van der Waals surface area (Å²) in [5.41, 5.74) is 1.08. The lowest BCUT2D eigenvalue weighted by molar-refractivity contribution is -0.119. The molecule has 1 amide bonds. The molecule has 0 spiro atoms. The molecular weight excluding hydrogens is 476 g/mol. The van der Waals surface area contributed by atoms with E-state index in [1.54, 1.807) is 30.3 Å². The fourth-order valence-corrected chi connectivity index (χ4v) is 4.92. The first-order chi connectivity index (χ1) is 16.2. The Labute approximate surface area is 205 Å². The highest BCUT2D eigenvalue weighted by Gasteiger charge is 2.27. The molecule has 0 aliphatic heterocycles. The molecule has 34 heavy (non-hydrogen) atoms. The Morgan fingerprint density at radius 2 is 1.76 bits per heavy atom. The van der Waals surface area contributed by atoms with E-state index in [1.165, 1.54) is 25.3 Å². The van der Waals surface area contributed by atoms with E-state index >= 15 is 0 Å². The number of rotatable bonds is 10. The van der Waals surface area contributed by atoms with Gasteiger partial charge in [0.15, 0.2) is 0 Å². The van der Waals surface area contributed by atoms with E-state index in [2.05, 4.69) is 5.32 Å². The van der Waals surface area contributed by atoms with Crippen molar-refractivity contribution >= 4 is 33.2 Å². The zero-order chi connectivity index (χ0) is 24.7. The number of hydrogen-bond acceptors (Lipinski definition) is 5. The van der Waals surface area contributed by atoms with Crippen LogP contribution < -0.4 is 19.1 Å². The average molecular weight is 503 g/mol. The third-order valence-corrected chi connectivity index (χ3v) is 6.89. The van der Waals surface area contributed by atoms with Gasteiger partial charge in [-0.1, -0.05) is 41.9 Å². The number of nitrogens with zero attached hydrogens (tertiary/aromatic N) is 1. The van der Waals surface area contributed by atoms with Crippen LogP contribution in [0.15, 0.2) is 77.7 Å². The van der Waals surface area contributed by atoms with E-state index in [0.29, 0.717) is 11.5 Å². The van der Waals surface area contributed by atoms with Crippen molar-refractivity contribution in [2.75, 3.05) is 18.0 Å². The largest absolute Gasteiger partial charge is 0.495 e. The van der Waals surface area contributed by atoms with Gasteiger partial charge in [-0.3, -0.25) is 9.10 Å². The first-order valence-corrected chi connectivity index (χ1v) is 12.5.